The summed E-state index contributed by atoms with van der Waals surface area (Å²) < 4.78 is 5.13. The normalized spacial score (nSPS) is 11.9. The van der Waals surface area contributed by atoms with Gasteiger partial charge in [-0.25, -0.2) is 4.79 Å². The standard InChI is InChI=1S/C22H27NO3/c1-5-26-22(25)17(4)23(15-18-9-7-6-8-10-18)21(24)20-13-11-19(12-14-20)16(2)3/h6-14,16-17H,5,15H2,1-4H3. The van der Waals surface area contributed by atoms with Gasteiger partial charge in [-0.15, -0.1) is 0 Å². The maximum Gasteiger partial charge on any atom is 0.328 e. The Morgan fingerprint density at radius 2 is 1.58 bits per heavy atom. The van der Waals surface area contributed by atoms with Crippen molar-refractivity contribution in [2.24, 2.45) is 0 Å². The molecule has 0 aliphatic rings. The summed E-state index contributed by atoms with van der Waals surface area (Å²) >= 11 is 0. The van der Waals surface area contributed by atoms with E-state index in [4.69, 9.17) is 4.74 Å². The molecule has 26 heavy (non-hydrogen) atoms. The minimum Gasteiger partial charge on any atom is -0.464 e. The Labute approximate surface area is 155 Å². The van der Waals surface area contributed by atoms with Crippen LogP contribution in [0, 0.1) is 0 Å². The monoisotopic (exact) mass is 353 g/mol. The zero-order valence-electron chi connectivity index (χ0n) is 15.9. The van der Waals surface area contributed by atoms with E-state index in [1.165, 1.54) is 5.56 Å². The van der Waals surface area contributed by atoms with Crippen molar-refractivity contribution < 1.29 is 14.3 Å². The van der Waals surface area contributed by atoms with Crippen LogP contribution in [-0.4, -0.2) is 29.4 Å². The maximum absolute atomic E-state index is 13.1. The fourth-order valence-electron chi connectivity index (χ4n) is 2.73. The van der Waals surface area contributed by atoms with Crippen molar-refractivity contribution in [3.8, 4) is 0 Å². The molecule has 0 aromatic heterocycles. The number of amides is 1. The molecule has 0 heterocycles. The van der Waals surface area contributed by atoms with E-state index in [0.29, 0.717) is 24.6 Å². The van der Waals surface area contributed by atoms with E-state index in [1.54, 1.807) is 18.7 Å². The Hall–Kier alpha value is -2.62. The molecule has 138 valence electrons. The third kappa shape index (κ3) is 4.94. The number of rotatable bonds is 7. The van der Waals surface area contributed by atoms with Crippen molar-refractivity contribution in [3.05, 3.63) is 71.3 Å². The molecule has 0 saturated heterocycles. The van der Waals surface area contributed by atoms with Crippen LogP contribution in [-0.2, 0) is 16.1 Å². The molecule has 4 heteroatoms. The lowest BCUT2D eigenvalue weighted by Crippen LogP contribution is -2.43. The lowest BCUT2D eigenvalue weighted by molar-refractivity contribution is -0.148. The van der Waals surface area contributed by atoms with Crippen LogP contribution in [0.25, 0.3) is 0 Å². The van der Waals surface area contributed by atoms with Gasteiger partial charge in [0.25, 0.3) is 5.91 Å². The molecular weight excluding hydrogens is 326 g/mol. The second-order valence-electron chi connectivity index (χ2n) is 6.62. The molecule has 0 aliphatic heterocycles. The molecular formula is C22H27NO3. The Morgan fingerprint density at radius 1 is 0.962 bits per heavy atom. The lowest BCUT2D eigenvalue weighted by atomic mass is 10.0. The van der Waals surface area contributed by atoms with Crippen molar-refractivity contribution >= 4 is 11.9 Å². The summed E-state index contributed by atoms with van der Waals surface area (Å²) in [5.74, 6) is -0.168. The molecule has 0 radical (unpaired) electrons. The fraction of sp³-hybridized carbons (Fsp3) is 0.364. The van der Waals surface area contributed by atoms with Gasteiger partial charge in [-0.3, -0.25) is 4.79 Å². The molecule has 1 unspecified atom stereocenters. The van der Waals surface area contributed by atoms with Gasteiger partial charge >= 0.3 is 5.97 Å². The first kappa shape index (κ1) is 19.7. The smallest absolute Gasteiger partial charge is 0.328 e. The van der Waals surface area contributed by atoms with E-state index in [0.717, 1.165) is 5.56 Å². The molecule has 2 aromatic rings. The fourth-order valence-corrected chi connectivity index (χ4v) is 2.73. The Morgan fingerprint density at radius 3 is 2.12 bits per heavy atom. The molecule has 2 rings (SSSR count). The molecule has 4 nitrogen and oxygen atoms in total. The van der Waals surface area contributed by atoms with Gasteiger partial charge in [0.05, 0.1) is 6.61 Å². The van der Waals surface area contributed by atoms with E-state index >= 15 is 0 Å². The summed E-state index contributed by atoms with van der Waals surface area (Å²) in [6.45, 7) is 8.34. The SMILES string of the molecule is CCOC(=O)C(C)N(Cc1ccccc1)C(=O)c1ccc(C(C)C)cc1. The Bertz CT molecular complexity index is 723. The first-order chi connectivity index (χ1) is 12.4. The van der Waals surface area contributed by atoms with Crippen LogP contribution in [0.15, 0.2) is 54.6 Å². The zero-order chi connectivity index (χ0) is 19.1. The van der Waals surface area contributed by atoms with E-state index < -0.39 is 12.0 Å². The second kappa shape index (κ2) is 9.18. The van der Waals surface area contributed by atoms with Crippen molar-refractivity contribution in [3.63, 3.8) is 0 Å². The van der Waals surface area contributed by atoms with Crippen LogP contribution in [0.1, 0.15) is 55.1 Å². The predicted molar refractivity (Wildman–Crippen MR) is 103 cm³/mol. The van der Waals surface area contributed by atoms with Crippen LogP contribution in [0.5, 0.6) is 0 Å². The molecule has 1 atom stereocenters. The number of esters is 1. The molecule has 0 spiro atoms. The average Bonchev–Trinajstić information content (AvgIpc) is 2.66. The molecule has 0 bridgehead atoms. The van der Waals surface area contributed by atoms with Crippen LogP contribution in [0.4, 0.5) is 0 Å². The summed E-state index contributed by atoms with van der Waals surface area (Å²) in [5.41, 5.74) is 2.71. The van der Waals surface area contributed by atoms with Crippen LogP contribution < -0.4 is 0 Å². The van der Waals surface area contributed by atoms with Gasteiger partial charge in [-0.2, -0.15) is 0 Å². The van der Waals surface area contributed by atoms with Gasteiger partial charge < -0.3 is 9.64 Å². The summed E-state index contributed by atoms with van der Waals surface area (Å²) in [6, 6.07) is 16.6. The highest BCUT2D eigenvalue weighted by Crippen LogP contribution is 2.18. The average molecular weight is 353 g/mol. The molecule has 2 aromatic carbocycles. The van der Waals surface area contributed by atoms with E-state index in [1.807, 2.05) is 54.6 Å². The predicted octanol–water partition coefficient (Wildman–Crippen LogP) is 4.40. The van der Waals surface area contributed by atoms with Crippen molar-refractivity contribution in [2.45, 2.75) is 46.2 Å². The summed E-state index contributed by atoms with van der Waals surface area (Å²) in [6.07, 6.45) is 0. The number of carbonyl (C=O) groups excluding carboxylic acids is 2. The quantitative estimate of drug-likeness (QED) is 0.693. The summed E-state index contributed by atoms with van der Waals surface area (Å²) in [5, 5.41) is 0. The van der Waals surface area contributed by atoms with Gasteiger partial charge in [0, 0.05) is 12.1 Å². The van der Waals surface area contributed by atoms with Gasteiger partial charge in [-0.1, -0.05) is 56.3 Å². The molecule has 1 amide bonds. The summed E-state index contributed by atoms with van der Waals surface area (Å²) in [4.78, 5) is 26.9. The largest absolute Gasteiger partial charge is 0.464 e. The minimum absolute atomic E-state index is 0.176. The van der Waals surface area contributed by atoms with Gasteiger partial charge in [0.15, 0.2) is 0 Å². The molecule has 0 fully saturated rings. The highest BCUT2D eigenvalue weighted by atomic mass is 16.5. The van der Waals surface area contributed by atoms with Crippen molar-refractivity contribution in [2.75, 3.05) is 6.61 Å². The molecule has 0 aliphatic carbocycles. The number of benzene rings is 2. The van der Waals surface area contributed by atoms with Crippen LogP contribution in [0.2, 0.25) is 0 Å². The third-order valence-electron chi connectivity index (χ3n) is 4.38. The molecule has 0 saturated carbocycles. The van der Waals surface area contributed by atoms with E-state index in [2.05, 4.69) is 13.8 Å². The number of ether oxygens (including phenoxy) is 1. The highest BCUT2D eigenvalue weighted by molar-refractivity contribution is 5.96. The number of nitrogens with zero attached hydrogens (tertiary/aromatic N) is 1. The van der Waals surface area contributed by atoms with Gasteiger partial charge in [0.1, 0.15) is 6.04 Å². The highest BCUT2D eigenvalue weighted by Gasteiger charge is 2.28. The first-order valence-electron chi connectivity index (χ1n) is 9.05. The van der Waals surface area contributed by atoms with Crippen molar-refractivity contribution in [1.29, 1.82) is 0 Å². The Balaban J connectivity index is 2.29. The van der Waals surface area contributed by atoms with Crippen LogP contribution in [0.3, 0.4) is 0 Å². The maximum atomic E-state index is 13.1. The number of hydrogen-bond donors (Lipinski definition) is 0. The number of carbonyl (C=O) groups is 2. The van der Waals surface area contributed by atoms with E-state index in [-0.39, 0.29) is 5.91 Å². The van der Waals surface area contributed by atoms with Gasteiger partial charge in [0.2, 0.25) is 0 Å². The third-order valence-corrected chi connectivity index (χ3v) is 4.38. The second-order valence-corrected chi connectivity index (χ2v) is 6.62. The first-order valence-corrected chi connectivity index (χ1v) is 9.05. The number of hydrogen-bond acceptors (Lipinski definition) is 3. The van der Waals surface area contributed by atoms with E-state index in [9.17, 15) is 9.59 Å². The minimum atomic E-state index is -0.660. The molecule has 0 N–H and O–H groups in total. The van der Waals surface area contributed by atoms with Gasteiger partial charge in [-0.05, 0) is 43.0 Å². The Kier molecular flexibility index (Phi) is 6.96. The topological polar surface area (TPSA) is 46.6 Å². The lowest BCUT2D eigenvalue weighted by Gasteiger charge is -2.28. The van der Waals surface area contributed by atoms with Crippen LogP contribution >= 0.6 is 0 Å². The summed E-state index contributed by atoms with van der Waals surface area (Å²) in [7, 11) is 0. The van der Waals surface area contributed by atoms with Crippen molar-refractivity contribution in [1.82, 2.24) is 4.90 Å². The zero-order valence-corrected chi connectivity index (χ0v) is 15.9.